The topological polar surface area (TPSA) is 38.7 Å². The van der Waals surface area contributed by atoms with Crippen LogP contribution in [-0.4, -0.2) is 25.9 Å². The zero-order valence-corrected chi connectivity index (χ0v) is 12.8. The maximum atomic E-state index is 9.64. The Morgan fingerprint density at radius 2 is 1.43 bits per heavy atom. The third kappa shape index (κ3) is 3.09. The number of aliphatic hydroxyl groups excluding tert-OH is 1. The van der Waals surface area contributed by atoms with Gasteiger partial charge in [-0.05, 0) is 35.2 Å². The second-order valence-corrected chi connectivity index (χ2v) is 5.02. The smallest absolute Gasteiger partial charge is 0.118 e. The Morgan fingerprint density at radius 1 is 0.905 bits per heavy atom. The minimum atomic E-state index is -0.613. The highest BCUT2D eigenvalue weighted by molar-refractivity contribution is 5.64. The Hall–Kier alpha value is -1.84. The quantitative estimate of drug-likeness (QED) is 0.881. The molecule has 0 aromatic heterocycles. The van der Waals surface area contributed by atoms with Gasteiger partial charge >= 0.3 is 0 Å². The summed E-state index contributed by atoms with van der Waals surface area (Å²) < 4.78 is 10.7. The van der Waals surface area contributed by atoms with Gasteiger partial charge in [0.1, 0.15) is 11.4 Å². The van der Waals surface area contributed by atoms with Gasteiger partial charge in [-0.2, -0.15) is 0 Å². The molecule has 1 unspecified atom stereocenters. The van der Waals surface area contributed by atoms with Crippen LogP contribution in [-0.2, 0) is 10.3 Å². The van der Waals surface area contributed by atoms with Crippen LogP contribution in [0.4, 0.5) is 0 Å². The third-order valence-electron chi connectivity index (χ3n) is 4.05. The highest BCUT2D eigenvalue weighted by atomic mass is 16.5. The molecule has 0 fully saturated rings. The molecule has 2 aromatic rings. The molecular weight excluding hydrogens is 264 g/mol. The van der Waals surface area contributed by atoms with Crippen molar-refractivity contribution < 1.29 is 14.6 Å². The number of methoxy groups -OCH3 is 2. The highest BCUT2D eigenvalue weighted by Crippen LogP contribution is 2.30. The van der Waals surface area contributed by atoms with Crippen LogP contribution >= 0.6 is 0 Å². The van der Waals surface area contributed by atoms with E-state index in [-0.39, 0.29) is 6.61 Å². The van der Waals surface area contributed by atoms with Crippen molar-refractivity contribution >= 4 is 0 Å². The van der Waals surface area contributed by atoms with E-state index in [0.717, 1.165) is 28.9 Å². The van der Waals surface area contributed by atoms with E-state index in [0.29, 0.717) is 0 Å². The molecule has 1 atom stereocenters. The maximum Gasteiger partial charge on any atom is 0.118 e. The molecule has 0 saturated heterocycles. The summed E-state index contributed by atoms with van der Waals surface area (Å²) in [5.74, 6) is 0.847. The summed E-state index contributed by atoms with van der Waals surface area (Å²) in [6, 6.07) is 16.1. The first kappa shape index (κ1) is 15.5. The van der Waals surface area contributed by atoms with Crippen LogP contribution in [0.3, 0.4) is 0 Å². The van der Waals surface area contributed by atoms with Crippen molar-refractivity contribution in [2.45, 2.75) is 18.9 Å². The van der Waals surface area contributed by atoms with Gasteiger partial charge in [-0.15, -0.1) is 0 Å². The van der Waals surface area contributed by atoms with E-state index in [9.17, 15) is 5.11 Å². The Bertz CT molecular complexity index is 546. The lowest BCUT2D eigenvalue weighted by molar-refractivity contribution is -0.0598. The van der Waals surface area contributed by atoms with Gasteiger partial charge < -0.3 is 14.6 Å². The first-order valence-electron chi connectivity index (χ1n) is 7.10. The van der Waals surface area contributed by atoms with Gasteiger partial charge in [0.25, 0.3) is 0 Å². The summed E-state index contributed by atoms with van der Waals surface area (Å²) in [5, 5.41) is 9.64. The molecule has 3 nitrogen and oxygen atoms in total. The largest absolute Gasteiger partial charge is 0.497 e. The molecule has 0 aliphatic heterocycles. The van der Waals surface area contributed by atoms with Crippen LogP contribution in [0, 0.1) is 0 Å². The first-order chi connectivity index (χ1) is 10.2. The van der Waals surface area contributed by atoms with Crippen LogP contribution in [0.2, 0.25) is 0 Å². The van der Waals surface area contributed by atoms with E-state index < -0.39 is 5.60 Å². The number of rotatable bonds is 6. The molecule has 3 heteroatoms. The van der Waals surface area contributed by atoms with Crippen molar-refractivity contribution in [2.24, 2.45) is 0 Å². The molecule has 2 aromatic carbocycles. The van der Waals surface area contributed by atoms with Crippen molar-refractivity contribution in [2.75, 3.05) is 20.8 Å². The molecule has 0 spiro atoms. The van der Waals surface area contributed by atoms with E-state index in [1.54, 1.807) is 14.2 Å². The molecule has 0 bridgehead atoms. The van der Waals surface area contributed by atoms with Gasteiger partial charge in [0.05, 0.1) is 13.7 Å². The first-order valence-corrected chi connectivity index (χ1v) is 7.10. The highest BCUT2D eigenvalue weighted by Gasteiger charge is 2.29. The van der Waals surface area contributed by atoms with Crippen LogP contribution in [0.1, 0.15) is 18.9 Å². The molecule has 0 saturated carbocycles. The summed E-state index contributed by atoms with van der Waals surface area (Å²) in [6.45, 7) is 1.99. The van der Waals surface area contributed by atoms with Gasteiger partial charge in [0.2, 0.25) is 0 Å². The second kappa shape index (κ2) is 6.74. The summed E-state index contributed by atoms with van der Waals surface area (Å²) >= 11 is 0. The van der Waals surface area contributed by atoms with Crippen molar-refractivity contribution in [3.05, 3.63) is 54.1 Å². The molecule has 0 aliphatic rings. The van der Waals surface area contributed by atoms with Gasteiger partial charge in [-0.25, -0.2) is 0 Å². The predicted molar refractivity (Wildman–Crippen MR) is 84.5 cm³/mol. The molecule has 2 rings (SSSR count). The molecule has 1 N–H and O–H groups in total. The molecule has 0 aliphatic carbocycles. The molecule has 112 valence electrons. The summed E-state index contributed by atoms with van der Waals surface area (Å²) in [5.41, 5.74) is 2.64. The van der Waals surface area contributed by atoms with Gasteiger partial charge in [0.15, 0.2) is 0 Å². The lowest BCUT2D eigenvalue weighted by Gasteiger charge is -2.29. The Morgan fingerprint density at radius 3 is 1.81 bits per heavy atom. The van der Waals surface area contributed by atoms with E-state index in [4.69, 9.17) is 9.47 Å². The normalized spacial score (nSPS) is 13.7. The van der Waals surface area contributed by atoms with Crippen molar-refractivity contribution in [1.29, 1.82) is 0 Å². The molecule has 0 amide bonds. The van der Waals surface area contributed by atoms with E-state index in [1.165, 1.54) is 0 Å². The van der Waals surface area contributed by atoms with Crippen LogP contribution in [0.25, 0.3) is 11.1 Å². The second-order valence-electron chi connectivity index (χ2n) is 5.02. The lowest BCUT2D eigenvalue weighted by atomic mass is 9.90. The van der Waals surface area contributed by atoms with Crippen LogP contribution in [0.5, 0.6) is 5.75 Å². The number of ether oxygens (including phenoxy) is 2. The molecular formula is C18H22O3. The Balaban J connectivity index is 2.29. The Kier molecular flexibility index (Phi) is 4.99. The number of hydrogen-bond acceptors (Lipinski definition) is 3. The zero-order valence-electron chi connectivity index (χ0n) is 12.8. The van der Waals surface area contributed by atoms with Crippen LogP contribution in [0.15, 0.2) is 48.5 Å². The predicted octanol–water partition coefficient (Wildman–Crippen LogP) is 3.61. The molecule has 0 heterocycles. The fourth-order valence-electron chi connectivity index (χ4n) is 2.48. The summed E-state index contributed by atoms with van der Waals surface area (Å²) in [4.78, 5) is 0. The number of benzene rings is 2. The minimum Gasteiger partial charge on any atom is -0.497 e. The average molecular weight is 286 g/mol. The van der Waals surface area contributed by atoms with Gasteiger partial charge in [-0.3, -0.25) is 0 Å². The monoisotopic (exact) mass is 286 g/mol. The standard InChI is InChI=1S/C18H22O3/c1-4-18(13-19,21-3)16-9-5-14(6-10-16)15-7-11-17(20-2)12-8-15/h5-12,19H,4,13H2,1-3H3. The van der Waals surface area contributed by atoms with Crippen molar-refractivity contribution in [3.8, 4) is 16.9 Å². The molecule has 21 heavy (non-hydrogen) atoms. The lowest BCUT2D eigenvalue weighted by Crippen LogP contribution is -2.31. The van der Waals surface area contributed by atoms with Gasteiger partial charge in [-0.1, -0.05) is 43.3 Å². The average Bonchev–Trinajstić information content (AvgIpc) is 2.58. The maximum absolute atomic E-state index is 9.64. The molecule has 0 radical (unpaired) electrons. The summed E-state index contributed by atoms with van der Waals surface area (Å²) in [6.07, 6.45) is 0.724. The SMILES string of the molecule is CCC(CO)(OC)c1ccc(-c2ccc(OC)cc2)cc1. The summed E-state index contributed by atoms with van der Waals surface area (Å²) in [7, 11) is 3.30. The Labute approximate surface area is 126 Å². The van der Waals surface area contributed by atoms with E-state index in [2.05, 4.69) is 12.1 Å². The van der Waals surface area contributed by atoms with Crippen molar-refractivity contribution in [1.82, 2.24) is 0 Å². The van der Waals surface area contributed by atoms with E-state index >= 15 is 0 Å². The van der Waals surface area contributed by atoms with Crippen LogP contribution < -0.4 is 4.74 Å². The van der Waals surface area contributed by atoms with E-state index in [1.807, 2.05) is 43.3 Å². The van der Waals surface area contributed by atoms with Gasteiger partial charge in [0, 0.05) is 7.11 Å². The fraction of sp³-hybridized carbons (Fsp3) is 0.333. The minimum absolute atomic E-state index is 0.0259. The van der Waals surface area contributed by atoms with Crippen molar-refractivity contribution in [3.63, 3.8) is 0 Å². The zero-order chi connectivity index (χ0) is 15.3. The number of aliphatic hydroxyl groups is 1. The third-order valence-corrected chi connectivity index (χ3v) is 4.05. The fourth-order valence-corrected chi connectivity index (χ4v) is 2.48. The number of hydrogen-bond donors (Lipinski definition) is 1.